The lowest BCUT2D eigenvalue weighted by molar-refractivity contribution is -0.114. The summed E-state index contributed by atoms with van der Waals surface area (Å²) in [5.41, 5.74) is 0.417. The van der Waals surface area contributed by atoms with Crippen LogP contribution in [0.2, 0.25) is 0 Å². The Kier molecular flexibility index (Phi) is 8.19. The molecule has 6 nitrogen and oxygen atoms in total. The number of para-hydroxylation sites is 1. The SMILES string of the molecule is CC(=O)Nc1ccccc1C(=O)O.CC(O)CN(C)C. The molecule has 1 amide bonds. The lowest BCUT2D eigenvalue weighted by Crippen LogP contribution is -2.22. The molecule has 3 N–H and O–H groups in total. The molecule has 1 aromatic rings. The van der Waals surface area contributed by atoms with Gasteiger partial charge in [-0.1, -0.05) is 12.1 Å². The molecule has 0 heterocycles. The molecule has 1 unspecified atom stereocenters. The van der Waals surface area contributed by atoms with Gasteiger partial charge in [-0.05, 0) is 33.2 Å². The highest BCUT2D eigenvalue weighted by molar-refractivity contribution is 5.99. The summed E-state index contributed by atoms with van der Waals surface area (Å²) in [7, 11) is 3.87. The van der Waals surface area contributed by atoms with Gasteiger partial charge in [0.15, 0.2) is 0 Å². The summed E-state index contributed by atoms with van der Waals surface area (Å²) in [4.78, 5) is 23.3. The van der Waals surface area contributed by atoms with Crippen molar-refractivity contribution in [3.8, 4) is 0 Å². The average molecular weight is 282 g/mol. The maximum Gasteiger partial charge on any atom is 0.337 e. The summed E-state index contributed by atoms with van der Waals surface area (Å²) >= 11 is 0. The molecule has 20 heavy (non-hydrogen) atoms. The van der Waals surface area contributed by atoms with Crippen molar-refractivity contribution >= 4 is 17.6 Å². The lowest BCUT2D eigenvalue weighted by Gasteiger charge is -2.10. The number of carboxylic acids is 1. The Balaban J connectivity index is 0.000000441. The number of amides is 1. The second-order valence-electron chi connectivity index (χ2n) is 4.64. The van der Waals surface area contributed by atoms with Gasteiger partial charge in [0, 0.05) is 13.5 Å². The normalized spacial score (nSPS) is 11.3. The zero-order chi connectivity index (χ0) is 15.7. The fourth-order valence-corrected chi connectivity index (χ4v) is 1.50. The quantitative estimate of drug-likeness (QED) is 0.774. The van der Waals surface area contributed by atoms with E-state index in [0.29, 0.717) is 5.69 Å². The Morgan fingerprint density at radius 3 is 2.20 bits per heavy atom. The molecule has 0 aliphatic carbocycles. The molecular weight excluding hydrogens is 260 g/mol. The number of rotatable bonds is 4. The first-order chi connectivity index (χ1) is 9.23. The van der Waals surface area contributed by atoms with E-state index in [9.17, 15) is 9.59 Å². The van der Waals surface area contributed by atoms with Gasteiger partial charge in [0.05, 0.1) is 17.4 Å². The van der Waals surface area contributed by atoms with E-state index in [1.54, 1.807) is 25.1 Å². The zero-order valence-electron chi connectivity index (χ0n) is 12.3. The van der Waals surface area contributed by atoms with Crippen LogP contribution in [0, 0.1) is 0 Å². The molecule has 6 heteroatoms. The van der Waals surface area contributed by atoms with Gasteiger partial charge in [-0.15, -0.1) is 0 Å². The number of carboxylic acid groups (broad SMARTS) is 1. The summed E-state index contributed by atoms with van der Waals surface area (Å²) in [6, 6.07) is 6.25. The van der Waals surface area contributed by atoms with E-state index in [2.05, 4.69) is 5.32 Å². The molecule has 0 aliphatic heterocycles. The highest BCUT2D eigenvalue weighted by atomic mass is 16.4. The second-order valence-corrected chi connectivity index (χ2v) is 4.64. The van der Waals surface area contributed by atoms with Crippen molar-refractivity contribution in [2.45, 2.75) is 20.0 Å². The van der Waals surface area contributed by atoms with Gasteiger partial charge in [0.1, 0.15) is 0 Å². The number of aliphatic hydroxyl groups is 1. The Bertz CT molecular complexity index is 439. The van der Waals surface area contributed by atoms with Crippen molar-refractivity contribution in [3.05, 3.63) is 29.8 Å². The number of benzene rings is 1. The fraction of sp³-hybridized carbons (Fsp3) is 0.429. The Morgan fingerprint density at radius 2 is 1.85 bits per heavy atom. The smallest absolute Gasteiger partial charge is 0.337 e. The molecule has 1 aromatic carbocycles. The lowest BCUT2D eigenvalue weighted by atomic mass is 10.2. The topological polar surface area (TPSA) is 89.9 Å². The molecule has 0 saturated carbocycles. The van der Waals surface area contributed by atoms with Gasteiger partial charge in [-0.3, -0.25) is 4.79 Å². The van der Waals surface area contributed by atoms with Crippen LogP contribution in [-0.2, 0) is 4.79 Å². The first-order valence-electron chi connectivity index (χ1n) is 6.16. The largest absolute Gasteiger partial charge is 0.478 e. The van der Waals surface area contributed by atoms with Crippen LogP contribution in [0.1, 0.15) is 24.2 Å². The number of aliphatic hydroxyl groups excluding tert-OH is 1. The number of carbonyl (C=O) groups excluding carboxylic acids is 1. The fourth-order valence-electron chi connectivity index (χ4n) is 1.50. The number of hydrogen-bond acceptors (Lipinski definition) is 4. The van der Waals surface area contributed by atoms with E-state index in [4.69, 9.17) is 10.2 Å². The summed E-state index contributed by atoms with van der Waals surface area (Å²) in [6.45, 7) is 3.86. The first kappa shape index (κ1) is 18.1. The van der Waals surface area contributed by atoms with E-state index in [0.717, 1.165) is 6.54 Å². The van der Waals surface area contributed by atoms with Crippen molar-refractivity contribution in [3.63, 3.8) is 0 Å². The highest BCUT2D eigenvalue weighted by Gasteiger charge is 2.08. The second kappa shape index (κ2) is 9.06. The number of hydrogen-bond donors (Lipinski definition) is 3. The molecule has 0 radical (unpaired) electrons. The number of likely N-dealkylation sites (N-methyl/N-ethyl adjacent to an activating group) is 1. The van der Waals surface area contributed by atoms with Gasteiger partial charge >= 0.3 is 5.97 Å². The molecule has 0 fully saturated rings. The molecule has 0 aromatic heterocycles. The molecule has 112 valence electrons. The Morgan fingerprint density at radius 1 is 1.30 bits per heavy atom. The third-order valence-corrected chi connectivity index (χ3v) is 2.10. The van der Waals surface area contributed by atoms with E-state index < -0.39 is 5.97 Å². The number of aromatic carboxylic acids is 1. The van der Waals surface area contributed by atoms with E-state index in [1.165, 1.54) is 13.0 Å². The molecule has 1 rings (SSSR count). The van der Waals surface area contributed by atoms with Gasteiger partial charge in [-0.25, -0.2) is 4.79 Å². The van der Waals surface area contributed by atoms with Crippen molar-refractivity contribution in [2.24, 2.45) is 0 Å². The number of nitrogens with one attached hydrogen (secondary N) is 1. The Labute approximate surface area is 119 Å². The number of carbonyl (C=O) groups is 2. The van der Waals surface area contributed by atoms with Crippen LogP contribution in [-0.4, -0.2) is 53.7 Å². The minimum absolute atomic E-state index is 0.0951. The minimum atomic E-state index is -1.05. The van der Waals surface area contributed by atoms with Crippen molar-refractivity contribution in [1.82, 2.24) is 4.90 Å². The summed E-state index contributed by atoms with van der Waals surface area (Å²) in [5.74, 6) is -1.34. The monoisotopic (exact) mass is 282 g/mol. The summed E-state index contributed by atoms with van der Waals surface area (Å²) in [6.07, 6.45) is -0.199. The molecule has 0 spiro atoms. The molecular formula is C14H22N2O4. The maximum atomic E-state index is 10.7. The van der Waals surface area contributed by atoms with Crippen molar-refractivity contribution < 1.29 is 19.8 Å². The van der Waals surface area contributed by atoms with Crippen LogP contribution in [0.15, 0.2) is 24.3 Å². The van der Waals surface area contributed by atoms with Crippen LogP contribution in [0.5, 0.6) is 0 Å². The van der Waals surface area contributed by atoms with Gasteiger partial charge < -0.3 is 20.4 Å². The van der Waals surface area contributed by atoms with Crippen LogP contribution in [0.3, 0.4) is 0 Å². The third-order valence-electron chi connectivity index (χ3n) is 2.10. The molecule has 0 bridgehead atoms. The predicted molar refractivity (Wildman–Crippen MR) is 77.9 cm³/mol. The van der Waals surface area contributed by atoms with Crippen molar-refractivity contribution in [2.75, 3.05) is 26.0 Å². The summed E-state index contributed by atoms with van der Waals surface area (Å²) in [5, 5.41) is 19.8. The maximum absolute atomic E-state index is 10.7. The average Bonchev–Trinajstić information content (AvgIpc) is 2.27. The van der Waals surface area contributed by atoms with Crippen LogP contribution < -0.4 is 5.32 Å². The van der Waals surface area contributed by atoms with Gasteiger partial charge in [0.2, 0.25) is 5.91 Å². The van der Waals surface area contributed by atoms with Crippen molar-refractivity contribution in [1.29, 1.82) is 0 Å². The predicted octanol–water partition coefficient (Wildman–Crippen LogP) is 1.27. The van der Waals surface area contributed by atoms with Gasteiger partial charge in [-0.2, -0.15) is 0 Å². The van der Waals surface area contributed by atoms with E-state index in [1.807, 2.05) is 19.0 Å². The standard InChI is InChI=1S/C9H9NO3.C5H13NO/c1-6(11)10-8-5-3-2-4-7(8)9(12)13;1-5(7)4-6(2)3/h2-5H,1H3,(H,10,11)(H,12,13);5,7H,4H2,1-3H3. The molecule has 0 aliphatic rings. The van der Waals surface area contributed by atoms with Crippen LogP contribution in [0.25, 0.3) is 0 Å². The summed E-state index contributed by atoms with van der Waals surface area (Å²) < 4.78 is 0. The first-order valence-corrected chi connectivity index (χ1v) is 6.16. The minimum Gasteiger partial charge on any atom is -0.478 e. The van der Waals surface area contributed by atoms with Gasteiger partial charge in [0.25, 0.3) is 0 Å². The van der Waals surface area contributed by atoms with E-state index >= 15 is 0 Å². The Hall–Kier alpha value is -1.92. The van der Waals surface area contributed by atoms with Crippen LogP contribution >= 0.6 is 0 Å². The number of nitrogens with zero attached hydrogens (tertiary/aromatic N) is 1. The molecule has 0 saturated heterocycles. The number of anilines is 1. The van der Waals surface area contributed by atoms with E-state index in [-0.39, 0.29) is 17.6 Å². The molecule has 1 atom stereocenters. The third kappa shape index (κ3) is 8.23. The highest BCUT2D eigenvalue weighted by Crippen LogP contribution is 2.14. The zero-order valence-corrected chi connectivity index (χ0v) is 12.3. The van der Waals surface area contributed by atoms with Crippen LogP contribution in [0.4, 0.5) is 5.69 Å².